The van der Waals surface area contributed by atoms with Crippen molar-refractivity contribution in [3.05, 3.63) is 23.9 Å². The molecule has 0 saturated carbocycles. The third kappa shape index (κ3) is 2.61. The fourth-order valence-corrected chi connectivity index (χ4v) is 2.48. The fourth-order valence-electron chi connectivity index (χ4n) is 2.48. The molecule has 1 aliphatic rings. The van der Waals surface area contributed by atoms with Crippen LogP contribution in [-0.2, 0) is 0 Å². The van der Waals surface area contributed by atoms with E-state index in [9.17, 15) is 4.79 Å². The van der Waals surface area contributed by atoms with Crippen LogP contribution in [0.15, 0.2) is 18.3 Å². The van der Waals surface area contributed by atoms with Crippen LogP contribution in [0.4, 0.5) is 5.82 Å². The number of carbonyl (C=O) groups is 1. The van der Waals surface area contributed by atoms with E-state index >= 15 is 0 Å². The van der Waals surface area contributed by atoms with Gasteiger partial charge in [0.05, 0.1) is 5.56 Å². The Hall–Kier alpha value is -1.62. The molecule has 1 aromatic rings. The standard InChI is InChI=1S/C13H20N4O/c1-9(14)10-4-7-17(8-5-10)13-11(12(15)18)3-2-6-16-13/h2-3,6,9-10H,4-5,7-8,14H2,1H3,(H2,15,18). The second-order valence-corrected chi connectivity index (χ2v) is 4.92. The number of hydrogen-bond acceptors (Lipinski definition) is 4. The summed E-state index contributed by atoms with van der Waals surface area (Å²) in [5, 5.41) is 0. The van der Waals surface area contributed by atoms with Crippen molar-refractivity contribution in [2.75, 3.05) is 18.0 Å². The fraction of sp³-hybridized carbons (Fsp3) is 0.538. The summed E-state index contributed by atoms with van der Waals surface area (Å²) in [7, 11) is 0. The summed E-state index contributed by atoms with van der Waals surface area (Å²) in [5.74, 6) is 0.836. The van der Waals surface area contributed by atoms with Gasteiger partial charge in [0.1, 0.15) is 5.82 Å². The molecule has 4 N–H and O–H groups in total. The average molecular weight is 248 g/mol. The van der Waals surface area contributed by atoms with Gasteiger partial charge in [0.2, 0.25) is 0 Å². The van der Waals surface area contributed by atoms with Crippen molar-refractivity contribution in [3.63, 3.8) is 0 Å². The Morgan fingerprint density at radius 1 is 1.50 bits per heavy atom. The lowest BCUT2D eigenvalue weighted by atomic mass is 9.91. The van der Waals surface area contributed by atoms with Gasteiger partial charge in [0, 0.05) is 25.3 Å². The predicted octanol–water partition coefficient (Wildman–Crippen LogP) is 0.744. The van der Waals surface area contributed by atoms with Gasteiger partial charge in [-0.1, -0.05) is 0 Å². The number of amides is 1. The summed E-state index contributed by atoms with van der Waals surface area (Å²) < 4.78 is 0. The van der Waals surface area contributed by atoms with Crippen LogP contribution in [0, 0.1) is 5.92 Å². The van der Waals surface area contributed by atoms with Crippen molar-refractivity contribution >= 4 is 11.7 Å². The highest BCUT2D eigenvalue weighted by Crippen LogP contribution is 2.25. The molecule has 18 heavy (non-hydrogen) atoms. The van der Waals surface area contributed by atoms with Gasteiger partial charge in [0.15, 0.2) is 0 Å². The number of pyridine rings is 1. The maximum atomic E-state index is 11.4. The number of aromatic nitrogens is 1. The molecular formula is C13H20N4O. The first-order valence-corrected chi connectivity index (χ1v) is 6.35. The van der Waals surface area contributed by atoms with Gasteiger partial charge in [-0.15, -0.1) is 0 Å². The lowest BCUT2D eigenvalue weighted by Crippen LogP contribution is -2.40. The summed E-state index contributed by atoms with van der Waals surface area (Å²) in [4.78, 5) is 17.8. The highest BCUT2D eigenvalue weighted by molar-refractivity contribution is 5.97. The minimum Gasteiger partial charge on any atom is -0.365 e. The van der Waals surface area contributed by atoms with E-state index in [-0.39, 0.29) is 6.04 Å². The van der Waals surface area contributed by atoms with Crippen LogP contribution in [-0.4, -0.2) is 30.0 Å². The van der Waals surface area contributed by atoms with Crippen molar-refractivity contribution in [2.45, 2.75) is 25.8 Å². The molecule has 0 bridgehead atoms. The number of rotatable bonds is 3. The van der Waals surface area contributed by atoms with E-state index in [0.29, 0.717) is 17.3 Å². The van der Waals surface area contributed by atoms with E-state index in [1.165, 1.54) is 0 Å². The molecule has 1 amide bonds. The third-order valence-corrected chi connectivity index (χ3v) is 3.63. The van der Waals surface area contributed by atoms with Crippen LogP contribution in [0.1, 0.15) is 30.1 Å². The zero-order valence-corrected chi connectivity index (χ0v) is 10.7. The molecule has 0 spiro atoms. The predicted molar refractivity (Wildman–Crippen MR) is 71.3 cm³/mol. The highest BCUT2D eigenvalue weighted by atomic mass is 16.1. The molecule has 0 aromatic carbocycles. The number of nitrogens with zero attached hydrogens (tertiary/aromatic N) is 2. The number of anilines is 1. The SMILES string of the molecule is CC(N)C1CCN(c2ncccc2C(N)=O)CC1. The molecule has 1 unspecified atom stereocenters. The first kappa shape index (κ1) is 12.8. The molecule has 2 heterocycles. The van der Waals surface area contributed by atoms with Gasteiger partial charge in [-0.3, -0.25) is 4.79 Å². The smallest absolute Gasteiger partial charge is 0.252 e. The van der Waals surface area contributed by atoms with E-state index in [0.717, 1.165) is 25.9 Å². The van der Waals surface area contributed by atoms with Crippen molar-refractivity contribution in [1.29, 1.82) is 0 Å². The monoisotopic (exact) mass is 248 g/mol. The molecular weight excluding hydrogens is 228 g/mol. The number of hydrogen-bond donors (Lipinski definition) is 2. The normalized spacial score (nSPS) is 18.7. The molecule has 1 aliphatic heterocycles. The summed E-state index contributed by atoms with van der Waals surface area (Å²) in [6.45, 7) is 3.81. The Morgan fingerprint density at radius 3 is 2.72 bits per heavy atom. The maximum Gasteiger partial charge on any atom is 0.252 e. The minimum absolute atomic E-state index is 0.228. The number of primary amides is 1. The van der Waals surface area contributed by atoms with Gasteiger partial charge < -0.3 is 16.4 Å². The van der Waals surface area contributed by atoms with E-state index < -0.39 is 5.91 Å². The van der Waals surface area contributed by atoms with Gasteiger partial charge in [-0.2, -0.15) is 0 Å². The van der Waals surface area contributed by atoms with Crippen molar-refractivity contribution in [2.24, 2.45) is 17.4 Å². The van der Waals surface area contributed by atoms with Crippen LogP contribution in [0.2, 0.25) is 0 Å². The Labute approximate surface area is 107 Å². The lowest BCUT2D eigenvalue weighted by molar-refractivity contribution is 0.100. The van der Waals surface area contributed by atoms with Crippen LogP contribution < -0.4 is 16.4 Å². The van der Waals surface area contributed by atoms with Gasteiger partial charge in [-0.05, 0) is 37.8 Å². The van der Waals surface area contributed by atoms with Crippen molar-refractivity contribution in [3.8, 4) is 0 Å². The summed E-state index contributed by atoms with van der Waals surface area (Å²) in [5.41, 5.74) is 11.8. The summed E-state index contributed by atoms with van der Waals surface area (Å²) in [6, 6.07) is 3.69. The van der Waals surface area contributed by atoms with Crippen molar-refractivity contribution in [1.82, 2.24) is 4.98 Å². The summed E-state index contributed by atoms with van der Waals surface area (Å²) >= 11 is 0. The first-order valence-electron chi connectivity index (χ1n) is 6.35. The number of nitrogens with two attached hydrogens (primary N) is 2. The Kier molecular flexibility index (Phi) is 3.81. The molecule has 98 valence electrons. The molecule has 5 nitrogen and oxygen atoms in total. The van der Waals surface area contributed by atoms with Crippen LogP contribution in [0.3, 0.4) is 0 Å². The molecule has 0 aliphatic carbocycles. The molecule has 0 radical (unpaired) electrons. The zero-order valence-electron chi connectivity index (χ0n) is 10.7. The summed E-state index contributed by atoms with van der Waals surface area (Å²) in [6.07, 6.45) is 3.76. The van der Waals surface area contributed by atoms with E-state index in [2.05, 4.69) is 16.8 Å². The van der Waals surface area contributed by atoms with Crippen LogP contribution in [0.5, 0.6) is 0 Å². The number of piperidine rings is 1. The van der Waals surface area contributed by atoms with Gasteiger partial charge in [-0.25, -0.2) is 4.98 Å². The molecule has 1 saturated heterocycles. The minimum atomic E-state index is -0.424. The maximum absolute atomic E-state index is 11.4. The quantitative estimate of drug-likeness (QED) is 0.826. The molecule has 5 heteroatoms. The van der Waals surface area contributed by atoms with E-state index in [1.807, 2.05) is 0 Å². The lowest BCUT2D eigenvalue weighted by Gasteiger charge is -2.35. The van der Waals surface area contributed by atoms with Crippen molar-refractivity contribution < 1.29 is 4.79 Å². The molecule has 1 atom stereocenters. The molecule has 1 aromatic heterocycles. The van der Waals surface area contributed by atoms with E-state index in [1.54, 1.807) is 18.3 Å². The highest BCUT2D eigenvalue weighted by Gasteiger charge is 2.24. The zero-order chi connectivity index (χ0) is 13.1. The number of carbonyl (C=O) groups excluding carboxylic acids is 1. The Balaban J connectivity index is 2.12. The Morgan fingerprint density at radius 2 is 2.17 bits per heavy atom. The average Bonchev–Trinajstić information content (AvgIpc) is 2.39. The Bertz CT molecular complexity index is 425. The molecule has 1 fully saturated rings. The van der Waals surface area contributed by atoms with Crippen LogP contribution >= 0.6 is 0 Å². The largest absolute Gasteiger partial charge is 0.365 e. The second-order valence-electron chi connectivity index (χ2n) is 4.92. The third-order valence-electron chi connectivity index (χ3n) is 3.63. The van der Waals surface area contributed by atoms with E-state index in [4.69, 9.17) is 11.5 Å². The van der Waals surface area contributed by atoms with Gasteiger partial charge in [0.25, 0.3) is 5.91 Å². The molecule has 2 rings (SSSR count). The van der Waals surface area contributed by atoms with Crippen LogP contribution in [0.25, 0.3) is 0 Å². The van der Waals surface area contributed by atoms with Gasteiger partial charge >= 0.3 is 0 Å². The second kappa shape index (κ2) is 5.35. The first-order chi connectivity index (χ1) is 8.59. The topological polar surface area (TPSA) is 85.2 Å².